The van der Waals surface area contributed by atoms with Crippen LogP contribution in [0.1, 0.15) is 21.5 Å². The van der Waals surface area contributed by atoms with Gasteiger partial charge in [0.1, 0.15) is 5.75 Å². The predicted molar refractivity (Wildman–Crippen MR) is 95.2 cm³/mol. The zero-order chi connectivity index (χ0) is 19.1. The van der Waals surface area contributed by atoms with E-state index >= 15 is 0 Å². The van der Waals surface area contributed by atoms with Crippen molar-refractivity contribution in [3.05, 3.63) is 75.3 Å². The van der Waals surface area contributed by atoms with Gasteiger partial charge >= 0.3 is 5.97 Å². The van der Waals surface area contributed by atoms with Crippen LogP contribution in [0.5, 0.6) is 5.75 Å². The molecule has 0 aromatic heterocycles. The molecule has 0 radical (unpaired) electrons. The van der Waals surface area contributed by atoms with E-state index in [0.717, 1.165) is 0 Å². The minimum absolute atomic E-state index is 0.115. The number of esters is 1. The third-order valence-corrected chi connectivity index (χ3v) is 3.61. The molecule has 0 aliphatic carbocycles. The molecule has 7 heteroatoms. The Labute approximate surface area is 150 Å². The van der Waals surface area contributed by atoms with Gasteiger partial charge in [-0.3, -0.25) is 14.9 Å². The van der Waals surface area contributed by atoms with Gasteiger partial charge in [0.05, 0.1) is 12.0 Å². The zero-order valence-electron chi connectivity index (χ0n) is 14.3. The van der Waals surface area contributed by atoms with Gasteiger partial charge in [0, 0.05) is 28.8 Å². The minimum atomic E-state index is -0.703. The third-order valence-electron chi connectivity index (χ3n) is 3.61. The van der Waals surface area contributed by atoms with Crippen LogP contribution in [-0.2, 0) is 9.53 Å². The summed E-state index contributed by atoms with van der Waals surface area (Å²) in [5, 5.41) is 10.9. The number of aryl methyl sites for hydroxylation is 1. The smallest absolute Gasteiger partial charge is 0.331 e. The summed E-state index contributed by atoms with van der Waals surface area (Å²) >= 11 is 0. The van der Waals surface area contributed by atoms with Crippen molar-refractivity contribution in [1.29, 1.82) is 0 Å². The van der Waals surface area contributed by atoms with Crippen LogP contribution in [0.15, 0.2) is 48.5 Å². The van der Waals surface area contributed by atoms with Gasteiger partial charge in [-0.2, -0.15) is 0 Å². The first-order chi connectivity index (χ1) is 12.4. The Morgan fingerprint density at radius 2 is 1.92 bits per heavy atom. The molecular formula is C19H17NO6. The Balaban J connectivity index is 1.99. The molecule has 0 saturated heterocycles. The molecule has 0 bridgehead atoms. The molecule has 0 fully saturated rings. The van der Waals surface area contributed by atoms with E-state index in [4.69, 9.17) is 9.47 Å². The first kappa shape index (κ1) is 18.9. The Morgan fingerprint density at radius 1 is 1.19 bits per heavy atom. The molecule has 2 aromatic rings. The molecule has 7 nitrogen and oxygen atoms in total. The van der Waals surface area contributed by atoms with Crippen LogP contribution in [0.2, 0.25) is 0 Å². The Kier molecular flexibility index (Phi) is 6.21. The summed E-state index contributed by atoms with van der Waals surface area (Å²) in [4.78, 5) is 34.2. The minimum Gasteiger partial charge on any atom is -0.496 e. The number of nitro groups is 1. The number of carbonyl (C=O) groups excluding carboxylic acids is 2. The zero-order valence-corrected chi connectivity index (χ0v) is 14.3. The Bertz CT molecular complexity index is 872. The van der Waals surface area contributed by atoms with Gasteiger partial charge in [0.15, 0.2) is 6.61 Å². The highest BCUT2D eigenvalue weighted by atomic mass is 16.6. The number of carbonyl (C=O) groups is 2. The van der Waals surface area contributed by atoms with Gasteiger partial charge in [-0.1, -0.05) is 30.3 Å². The number of methoxy groups -OCH3 is 1. The number of ketones is 1. The normalized spacial score (nSPS) is 10.5. The molecule has 0 unspecified atom stereocenters. The summed E-state index contributed by atoms with van der Waals surface area (Å²) in [7, 11) is 1.52. The van der Waals surface area contributed by atoms with Crippen molar-refractivity contribution in [2.75, 3.05) is 13.7 Å². The lowest BCUT2D eigenvalue weighted by molar-refractivity contribution is -0.385. The first-order valence-corrected chi connectivity index (χ1v) is 7.68. The maximum Gasteiger partial charge on any atom is 0.331 e. The fraction of sp³-hybridized carbons (Fsp3) is 0.158. The summed E-state index contributed by atoms with van der Waals surface area (Å²) in [6.45, 7) is 1.07. The molecule has 134 valence electrons. The number of Topliss-reactive ketones (excluding diaryl/α,β-unsaturated/α-hetero) is 1. The molecule has 2 aromatic carbocycles. The van der Waals surface area contributed by atoms with E-state index in [2.05, 4.69) is 0 Å². The van der Waals surface area contributed by atoms with E-state index in [0.29, 0.717) is 16.9 Å². The first-order valence-electron chi connectivity index (χ1n) is 7.68. The summed E-state index contributed by atoms with van der Waals surface area (Å²) in [6, 6.07) is 11.2. The van der Waals surface area contributed by atoms with E-state index in [1.54, 1.807) is 31.2 Å². The summed E-state index contributed by atoms with van der Waals surface area (Å²) in [5.41, 5.74) is 1.10. The maximum atomic E-state index is 12.1. The molecule has 0 amide bonds. The largest absolute Gasteiger partial charge is 0.496 e. The highest BCUT2D eigenvalue weighted by molar-refractivity contribution is 5.99. The topological polar surface area (TPSA) is 95.7 Å². The second kappa shape index (κ2) is 8.57. The third kappa shape index (κ3) is 4.76. The van der Waals surface area contributed by atoms with E-state index in [1.807, 2.05) is 0 Å². The lowest BCUT2D eigenvalue weighted by Crippen LogP contribution is -2.13. The lowest BCUT2D eigenvalue weighted by atomic mass is 10.1. The molecule has 0 aliphatic rings. The highest BCUT2D eigenvalue weighted by Crippen LogP contribution is 2.20. The summed E-state index contributed by atoms with van der Waals surface area (Å²) < 4.78 is 10.1. The van der Waals surface area contributed by atoms with Crippen LogP contribution >= 0.6 is 0 Å². The van der Waals surface area contributed by atoms with Crippen LogP contribution in [-0.4, -0.2) is 30.4 Å². The van der Waals surface area contributed by atoms with Gasteiger partial charge in [-0.05, 0) is 19.1 Å². The van der Waals surface area contributed by atoms with Crippen molar-refractivity contribution in [2.45, 2.75) is 6.92 Å². The Hall–Kier alpha value is -3.48. The molecule has 0 heterocycles. The Morgan fingerprint density at radius 3 is 2.62 bits per heavy atom. The number of hydrogen-bond acceptors (Lipinski definition) is 6. The van der Waals surface area contributed by atoms with Crippen molar-refractivity contribution in [2.24, 2.45) is 0 Å². The van der Waals surface area contributed by atoms with Gasteiger partial charge < -0.3 is 9.47 Å². The molecule has 0 aliphatic heterocycles. The molecular weight excluding hydrogens is 338 g/mol. The van der Waals surface area contributed by atoms with Gasteiger partial charge in [-0.25, -0.2) is 4.79 Å². The number of hydrogen-bond donors (Lipinski definition) is 0. The van der Waals surface area contributed by atoms with E-state index < -0.39 is 23.3 Å². The SMILES string of the molecule is COc1ccccc1/C=C/C(=O)OCC(=O)c1ccc(C)c([N+](=O)[O-])c1. The summed E-state index contributed by atoms with van der Waals surface area (Å²) in [6.07, 6.45) is 2.70. The monoisotopic (exact) mass is 355 g/mol. The predicted octanol–water partition coefficient (Wildman–Crippen LogP) is 3.35. The fourth-order valence-corrected chi connectivity index (χ4v) is 2.21. The number of benzene rings is 2. The number of ether oxygens (including phenoxy) is 2. The van der Waals surface area contributed by atoms with Gasteiger partial charge in [-0.15, -0.1) is 0 Å². The quantitative estimate of drug-likeness (QED) is 0.248. The average Bonchev–Trinajstić information content (AvgIpc) is 2.64. The van der Waals surface area contributed by atoms with Gasteiger partial charge in [0.25, 0.3) is 5.69 Å². The summed E-state index contributed by atoms with van der Waals surface area (Å²) in [5.74, 6) is -0.627. The van der Waals surface area contributed by atoms with Crippen LogP contribution in [0, 0.1) is 17.0 Å². The standard InChI is InChI=1S/C19H17NO6/c1-13-7-8-15(11-16(13)20(23)24)17(21)12-26-19(22)10-9-14-5-3-4-6-18(14)25-2/h3-11H,12H2,1-2H3/b10-9+. The fourth-order valence-electron chi connectivity index (χ4n) is 2.21. The van der Waals surface area contributed by atoms with E-state index in [1.165, 1.54) is 37.5 Å². The van der Waals surface area contributed by atoms with Crippen LogP contribution in [0.25, 0.3) is 6.08 Å². The van der Waals surface area contributed by atoms with Gasteiger partial charge in [0.2, 0.25) is 5.78 Å². The van der Waals surface area contributed by atoms with E-state index in [9.17, 15) is 19.7 Å². The van der Waals surface area contributed by atoms with Crippen molar-refractivity contribution in [3.63, 3.8) is 0 Å². The number of nitro benzene ring substituents is 1. The highest BCUT2D eigenvalue weighted by Gasteiger charge is 2.15. The van der Waals surface area contributed by atoms with Crippen molar-refractivity contribution in [3.8, 4) is 5.75 Å². The lowest BCUT2D eigenvalue weighted by Gasteiger charge is -2.04. The second-order valence-corrected chi connectivity index (χ2v) is 5.36. The molecule has 0 saturated carbocycles. The van der Waals surface area contributed by atoms with Crippen LogP contribution in [0.4, 0.5) is 5.69 Å². The molecule has 0 N–H and O–H groups in total. The molecule has 0 atom stereocenters. The van der Waals surface area contributed by atoms with Crippen LogP contribution < -0.4 is 4.74 Å². The van der Waals surface area contributed by atoms with Crippen molar-refractivity contribution >= 4 is 23.5 Å². The number of rotatable bonds is 7. The maximum absolute atomic E-state index is 12.1. The molecule has 2 rings (SSSR count). The van der Waals surface area contributed by atoms with Crippen molar-refractivity contribution in [1.82, 2.24) is 0 Å². The number of nitrogens with zero attached hydrogens (tertiary/aromatic N) is 1. The molecule has 26 heavy (non-hydrogen) atoms. The van der Waals surface area contributed by atoms with Crippen molar-refractivity contribution < 1.29 is 24.0 Å². The second-order valence-electron chi connectivity index (χ2n) is 5.36. The average molecular weight is 355 g/mol. The number of para-hydroxylation sites is 1. The van der Waals surface area contributed by atoms with Crippen LogP contribution in [0.3, 0.4) is 0 Å². The van der Waals surface area contributed by atoms with E-state index in [-0.39, 0.29) is 11.3 Å². The molecule has 0 spiro atoms.